The van der Waals surface area contributed by atoms with Crippen molar-refractivity contribution in [2.45, 2.75) is 0 Å². The first-order valence-corrected chi connectivity index (χ1v) is 5.42. The van der Waals surface area contributed by atoms with E-state index in [0.717, 1.165) is 5.56 Å². The molecule has 0 atom stereocenters. The van der Waals surface area contributed by atoms with E-state index in [1.807, 2.05) is 42.5 Å². The van der Waals surface area contributed by atoms with Crippen LogP contribution in [0, 0.1) is 0 Å². The molecular formula is C15H12CaO2. The van der Waals surface area contributed by atoms with Gasteiger partial charge in [-0.15, -0.1) is 0 Å². The standard InChI is InChI=1S/C15H10O2.Ca.2H/c16-15-12-8-4-5-9-14(12)17-10-13(15)11-6-2-1-3-7-11;;;/h1-10H;;;/q;+2;2*-1. The average molecular weight is 264 g/mol. The molecule has 2 nitrogen and oxygen atoms in total. The molecule has 0 bridgehead atoms. The van der Waals surface area contributed by atoms with Gasteiger partial charge in [0.2, 0.25) is 0 Å². The maximum Gasteiger partial charge on any atom is 2.00 e. The zero-order chi connectivity index (χ0) is 11.7. The summed E-state index contributed by atoms with van der Waals surface area (Å²) in [6.07, 6.45) is 1.53. The van der Waals surface area contributed by atoms with E-state index in [1.165, 1.54) is 6.26 Å². The fourth-order valence-electron chi connectivity index (χ4n) is 1.89. The van der Waals surface area contributed by atoms with Gasteiger partial charge in [0, 0.05) is 0 Å². The Labute approximate surface area is 137 Å². The van der Waals surface area contributed by atoms with Crippen molar-refractivity contribution in [2.24, 2.45) is 0 Å². The molecule has 0 fully saturated rings. The van der Waals surface area contributed by atoms with E-state index in [2.05, 4.69) is 0 Å². The van der Waals surface area contributed by atoms with Gasteiger partial charge in [0.25, 0.3) is 0 Å². The van der Waals surface area contributed by atoms with Gasteiger partial charge in [-0.2, -0.15) is 0 Å². The Kier molecular flexibility index (Phi) is 4.23. The molecule has 1 aromatic heterocycles. The van der Waals surface area contributed by atoms with Gasteiger partial charge in [-0.1, -0.05) is 42.5 Å². The third kappa shape index (κ3) is 2.37. The minimum Gasteiger partial charge on any atom is -1.00 e. The van der Waals surface area contributed by atoms with Gasteiger partial charge < -0.3 is 7.27 Å². The summed E-state index contributed by atoms with van der Waals surface area (Å²) < 4.78 is 5.48. The van der Waals surface area contributed by atoms with Gasteiger partial charge in [0.15, 0.2) is 5.43 Å². The van der Waals surface area contributed by atoms with Crippen molar-refractivity contribution in [1.29, 1.82) is 0 Å². The molecule has 18 heavy (non-hydrogen) atoms. The van der Waals surface area contributed by atoms with Crippen LogP contribution in [0.2, 0.25) is 0 Å². The van der Waals surface area contributed by atoms with E-state index in [0.29, 0.717) is 16.5 Å². The minimum atomic E-state index is 0. The van der Waals surface area contributed by atoms with Gasteiger partial charge in [0.05, 0.1) is 10.9 Å². The maximum atomic E-state index is 12.3. The predicted octanol–water partition coefficient (Wildman–Crippen LogP) is 3.30. The maximum absolute atomic E-state index is 12.3. The summed E-state index contributed by atoms with van der Waals surface area (Å²) in [6, 6.07) is 16.8. The van der Waals surface area contributed by atoms with Gasteiger partial charge >= 0.3 is 37.7 Å². The SMILES string of the molecule is O=c1c(-c2ccccc2)coc2ccccc12.[Ca+2].[H-].[H-]. The molecule has 86 valence electrons. The van der Waals surface area contributed by atoms with Crippen LogP contribution in [0.4, 0.5) is 0 Å². The largest absolute Gasteiger partial charge is 2.00 e. The Morgan fingerprint density at radius 1 is 0.889 bits per heavy atom. The van der Waals surface area contributed by atoms with Crippen molar-refractivity contribution in [3.63, 3.8) is 0 Å². The minimum absolute atomic E-state index is 0. The van der Waals surface area contributed by atoms with E-state index in [9.17, 15) is 4.79 Å². The van der Waals surface area contributed by atoms with Crippen LogP contribution in [0.1, 0.15) is 2.85 Å². The molecule has 0 aliphatic heterocycles. The summed E-state index contributed by atoms with van der Waals surface area (Å²) in [6.45, 7) is 0. The molecule has 0 aliphatic rings. The zero-order valence-corrected chi connectivity index (χ0v) is 12.0. The van der Waals surface area contributed by atoms with Crippen LogP contribution in [-0.2, 0) is 0 Å². The second-order valence-electron chi connectivity index (χ2n) is 3.84. The third-order valence-corrected chi connectivity index (χ3v) is 2.76. The number of hydrogen-bond acceptors (Lipinski definition) is 2. The van der Waals surface area contributed by atoms with Crippen molar-refractivity contribution in [1.82, 2.24) is 0 Å². The Bertz CT molecular complexity index is 727. The fraction of sp³-hybridized carbons (Fsp3) is 0. The zero-order valence-electron chi connectivity index (χ0n) is 11.8. The molecule has 0 amide bonds. The molecular weight excluding hydrogens is 252 g/mol. The van der Waals surface area contributed by atoms with Crippen LogP contribution >= 0.6 is 0 Å². The van der Waals surface area contributed by atoms with Crippen LogP contribution in [0.3, 0.4) is 0 Å². The van der Waals surface area contributed by atoms with Crippen molar-refractivity contribution < 1.29 is 7.27 Å². The summed E-state index contributed by atoms with van der Waals surface area (Å²) in [5.74, 6) is 0. The quantitative estimate of drug-likeness (QED) is 0.631. The predicted molar refractivity (Wildman–Crippen MR) is 75.9 cm³/mol. The number of hydrogen-bond donors (Lipinski definition) is 0. The molecule has 0 saturated carbocycles. The average Bonchev–Trinajstić information content (AvgIpc) is 2.40. The molecule has 2 aromatic carbocycles. The van der Waals surface area contributed by atoms with Crippen molar-refractivity contribution in [3.05, 3.63) is 71.1 Å². The van der Waals surface area contributed by atoms with Gasteiger partial charge in [0.1, 0.15) is 11.8 Å². The smallest absolute Gasteiger partial charge is 1.00 e. The first kappa shape index (κ1) is 13.3. The first-order chi connectivity index (χ1) is 8.36. The van der Waals surface area contributed by atoms with Crippen molar-refractivity contribution >= 4 is 48.7 Å². The molecule has 1 heterocycles. The summed E-state index contributed by atoms with van der Waals surface area (Å²) in [7, 11) is 0. The van der Waals surface area contributed by atoms with Crippen LogP contribution in [0.5, 0.6) is 0 Å². The molecule has 0 N–H and O–H groups in total. The number of benzene rings is 2. The molecule has 0 aliphatic carbocycles. The molecule has 3 heteroatoms. The van der Waals surface area contributed by atoms with E-state index < -0.39 is 0 Å². The van der Waals surface area contributed by atoms with E-state index in [1.54, 1.807) is 12.1 Å². The molecule has 0 spiro atoms. The molecule has 3 aromatic rings. The summed E-state index contributed by atoms with van der Waals surface area (Å²) >= 11 is 0. The van der Waals surface area contributed by atoms with Gasteiger partial charge in [-0.3, -0.25) is 4.79 Å². The number of fused-ring (bicyclic) bond motifs is 1. The molecule has 3 rings (SSSR count). The Morgan fingerprint density at radius 2 is 1.56 bits per heavy atom. The third-order valence-electron chi connectivity index (χ3n) is 2.76. The normalized spacial score (nSPS) is 10.0. The second kappa shape index (κ2) is 5.70. The van der Waals surface area contributed by atoms with Crippen LogP contribution < -0.4 is 5.43 Å². The second-order valence-corrected chi connectivity index (χ2v) is 3.84. The monoisotopic (exact) mass is 264 g/mol. The van der Waals surface area contributed by atoms with Crippen LogP contribution in [0.15, 0.2) is 70.1 Å². The van der Waals surface area contributed by atoms with Gasteiger partial charge in [-0.25, -0.2) is 0 Å². The van der Waals surface area contributed by atoms with Crippen molar-refractivity contribution in [3.8, 4) is 11.1 Å². The Morgan fingerprint density at radius 3 is 2.33 bits per heavy atom. The summed E-state index contributed by atoms with van der Waals surface area (Å²) in [5, 5.41) is 0.619. The fourth-order valence-corrected chi connectivity index (χ4v) is 1.89. The van der Waals surface area contributed by atoms with E-state index in [4.69, 9.17) is 4.42 Å². The Hall–Kier alpha value is -1.09. The van der Waals surface area contributed by atoms with Crippen LogP contribution in [0.25, 0.3) is 22.1 Å². The first-order valence-electron chi connectivity index (χ1n) is 5.42. The number of rotatable bonds is 1. The Balaban J connectivity index is 0.00000120. The topological polar surface area (TPSA) is 30.2 Å². The van der Waals surface area contributed by atoms with Crippen molar-refractivity contribution in [2.75, 3.05) is 0 Å². The molecule has 0 saturated heterocycles. The molecule has 0 radical (unpaired) electrons. The summed E-state index contributed by atoms with van der Waals surface area (Å²) in [4.78, 5) is 12.3. The van der Waals surface area contributed by atoms with E-state index in [-0.39, 0.29) is 46.0 Å². The number of para-hydroxylation sites is 1. The summed E-state index contributed by atoms with van der Waals surface area (Å²) in [5.41, 5.74) is 2.12. The van der Waals surface area contributed by atoms with Crippen LogP contribution in [-0.4, -0.2) is 37.7 Å². The van der Waals surface area contributed by atoms with E-state index >= 15 is 0 Å². The molecule has 0 unspecified atom stereocenters. The van der Waals surface area contributed by atoms with Gasteiger partial charge in [-0.05, 0) is 17.7 Å².